The predicted molar refractivity (Wildman–Crippen MR) is 275 cm³/mol. The third-order valence-electron chi connectivity index (χ3n) is 15.5. The van der Waals surface area contributed by atoms with Crippen LogP contribution in [0.3, 0.4) is 0 Å². The molecule has 0 spiro atoms. The third kappa shape index (κ3) is 9.63. The fraction of sp³-hybridized carbons (Fsp3) is 0.350. The van der Waals surface area contributed by atoms with Crippen molar-refractivity contribution in [3.8, 4) is 22.3 Å². The fourth-order valence-electron chi connectivity index (χ4n) is 11.3. The van der Waals surface area contributed by atoms with E-state index in [1.807, 2.05) is 68.7 Å². The van der Waals surface area contributed by atoms with E-state index >= 15 is 0 Å². The lowest BCUT2D eigenvalue weighted by atomic mass is 9.82. The van der Waals surface area contributed by atoms with Gasteiger partial charge in [0.25, 0.3) is 5.91 Å². The molecule has 0 radical (unpaired) electrons. The molecule has 5 aliphatic rings. The Morgan fingerprint density at radius 3 is 1.49 bits per heavy atom. The average Bonchev–Trinajstić information content (AvgIpc) is 3.84. The monoisotopic (exact) mass is 968 g/mol. The Hall–Kier alpha value is -6.51. The zero-order valence-electron chi connectivity index (χ0n) is 41.0. The van der Waals surface area contributed by atoms with Gasteiger partial charge in [-0.3, -0.25) is 9.69 Å². The summed E-state index contributed by atoms with van der Waals surface area (Å²) in [4.78, 5) is 49.8. The molecule has 12 heteroatoms. The van der Waals surface area contributed by atoms with Crippen LogP contribution in [0, 0.1) is 5.92 Å². The molecule has 72 heavy (non-hydrogen) atoms. The zero-order valence-corrected chi connectivity index (χ0v) is 41.0. The van der Waals surface area contributed by atoms with Crippen molar-refractivity contribution in [2.24, 2.45) is 5.92 Å². The minimum absolute atomic E-state index is 0.108. The molecule has 6 atom stereocenters. The minimum atomic E-state index is -2.26. The molecule has 0 aromatic heterocycles. The van der Waals surface area contributed by atoms with Gasteiger partial charge in [0.1, 0.15) is 12.2 Å². The Labute approximate surface area is 421 Å². The van der Waals surface area contributed by atoms with Crippen LogP contribution in [-0.4, -0.2) is 126 Å². The van der Waals surface area contributed by atoms with Gasteiger partial charge in [0.05, 0.1) is 0 Å². The molecule has 0 saturated carbocycles. The van der Waals surface area contributed by atoms with E-state index in [0.717, 1.165) is 57.4 Å². The first kappa shape index (κ1) is 49.1. The number of hydrogen-bond acceptors (Lipinski definition) is 11. The average molecular weight is 969 g/mol. The number of likely N-dealkylation sites (N-methyl/N-ethyl adjacent to an activating group) is 2. The van der Waals surface area contributed by atoms with Crippen molar-refractivity contribution in [2.45, 2.75) is 67.2 Å². The number of benzene rings is 6. The third-order valence-corrected chi connectivity index (χ3v) is 15.5. The molecule has 5 heterocycles. The van der Waals surface area contributed by atoms with E-state index in [4.69, 9.17) is 9.47 Å². The number of esters is 2. The summed E-state index contributed by atoms with van der Waals surface area (Å²) in [6, 6.07) is 46.2. The summed E-state index contributed by atoms with van der Waals surface area (Å²) >= 11 is 0. The Bertz CT molecular complexity index is 2890. The number of rotatable bonds is 14. The molecule has 1 amide bonds. The van der Waals surface area contributed by atoms with Crippen molar-refractivity contribution >= 4 is 17.8 Å². The molecular formula is C60H64N4O8. The van der Waals surface area contributed by atoms with Gasteiger partial charge in [-0.05, 0) is 134 Å². The number of carbonyl (C=O) groups excluding carboxylic acids is 3. The summed E-state index contributed by atoms with van der Waals surface area (Å²) in [5, 5.41) is 41.3. The van der Waals surface area contributed by atoms with E-state index in [-0.39, 0.29) is 35.3 Å². The smallest absolute Gasteiger partial charge is 0.348 e. The number of carbonyl (C=O) groups is 3. The molecular weight excluding hydrogens is 905 g/mol. The Morgan fingerprint density at radius 1 is 0.486 bits per heavy atom. The summed E-state index contributed by atoms with van der Waals surface area (Å²) < 4.78 is 12.3. The molecule has 5 saturated heterocycles. The summed E-state index contributed by atoms with van der Waals surface area (Å²) in [7, 11) is 4.00. The van der Waals surface area contributed by atoms with Gasteiger partial charge in [-0.1, -0.05) is 140 Å². The molecule has 2 bridgehead atoms. The van der Waals surface area contributed by atoms with Crippen LogP contribution < -0.4 is 5.32 Å². The highest BCUT2D eigenvalue weighted by Crippen LogP contribution is 2.40. The van der Waals surface area contributed by atoms with Crippen molar-refractivity contribution in [2.75, 3.05) is 59.9 Å². The molecule has 5 aliphatic heterocycles. The lowest BCUT2D eigenvalue weighted by Gasteiger charge is -2.44. The van der Waals surface area contributed by atoms with Crippen LogP contribution in [0.25, 0.3) is 22.3 Å². The van der Waals surface area contributed by atoms with E-state index < -0.39 is 34.6 Å². The fourth-order valence-corrected chi connectivity index (χ4v) is 11.3. The number of amides is 1. The molecule has 6 aromatic rings. The summed E-state index contributed by atoms with van der Waals surface area (Å²) in [6.45, 7) is 5.50. The van der Waals surface area contributed by atoms with Crippen LogP contribution >= 0.6 is 0 Å². The first-order valence-electron chi connectivity index (χ1n) is 25.4. The van der Waals surface area contributed by atoms with Crippen molar-refractivity contribution in [1.29, 1.82) is 0 Å². The highest BCUT2D eigenvalue weighted by atomic mass is 16.6. The van der Waals surface area contributed by atoms with Crippen molar-refractivity contribution < 1.29 is 39.2 Å². The molecule has 6 unspecified atom stereocenters. The van der Waals surface area contributed by atoms with E-state index in [0.29, 0.717) is 65.0 Å². The van der Waals surface area contributed by atoms with Gasteiger partial charge >= 0.3 is 11.9 Å². The predicted octanol–water partition coefficient (Wildman–Crippen LogP) is 6.82. The second kappa shape index (κ2) is 20.5. The number of nitrogens with zero attached hydrogens (tertiary/aromatic N) is 3. The molecule has 4 N–H and O–H groups in total. The molecule has 372 valence electrons. The Morgan fingerprint density at radius 2 is 0.972 bits per heavy atom. The first-order valence-corrected chi connectivity index (χ1v) is 25.4. The van der Waals surface area contributed by atoms with Gasteiger partial charge in [-0.2, -0.15) is 0 Å². The summed E-state index contributed by atoms with van der Waals surface area (Å²) in [6.07, 6.45) is 3.51. The van der Waals surface area contributed by atoms with Crippen LogP contribution in [0.15, 0.2) is 158 Å². The SMILES string of the molecule is CN1CCCC(NC(=O)C(O)(c2ccccc2)c2cccc(-c3ccc(C(O)(C(=O)OC4CN5CCC4CC5)c4cccc(-c5cccc(C(O)(C(=O)OC6CCN(C)C6)c6ccccc6)c5)c4)cc3)c2)C1. The first-order chi connectivity index (χ1) is 34.8. The number of fused-ring (bicyclic) bond motifs is 3. The van der Waals surface area contributed by atoms with Crippen LogP contribution in [-0.2, 0) is 40.7 Å². The number of nitrogens with one attached hydrogen (secondary N) is 1. The van der Waals surface area contributed by atoms with E-state index in [1.165, 1.54) is 0 Å². The lowest BCUT2D eigenvalue weighted by molar-refractivity contribution is -0.177. The number of ether oxygens (including phenoxy) is 2. The summed E-state index contributed by atoms with van der Waals surface area (Å²) in [5.41, 5.74) is -1.59. The second-order valence-electron chi connectivity index (χ2n) is 20.4. The van der Waals surface area contributed by atoms with E-state index in [1.54, 1.807) is 103 Å². The molecule has 12 nitrogen and oxygen atoms in total. The van der Waals surface area contributed by atoms with Crippen LogP contribution in [0.1, 0.15) is 65.5 Å². The zero-order chi connectivity index (χ0) is 50.0. The topological polar surface area (TPSA) is 152 Å². The molecule has 6 aromatic carbocycles. The number of hydrogen-bond donors (Lipinski definition) is 4. The van der Waals surface area contributed by atoms with Gasteiger partial charge in [0.2, 0.25) is 11.2 Å². The van der Waals surface area contributed by atoms with Crippen LogP contribution in [0.2, 0.25) is 0 Å². The maximum absolute atomic E-state index is 14.9. The quantitative estimate of drug-likeness (QED) is 0.0852. The van der Waals surface area contributed by atoms with Gasteiger partial charge in [0, 0.05) is 43.3 Å². The van der Waals surface area contributed by atoms with E-state index in [2.05, 4.69) is 20.0 Å². The van der Waals surface area contributed by atoms with Gasteiger partial charge < -0.3 is 39.9 Å². The molecule has 0 aliphatic carbocycles. The Kier molecular flexibility index (Phi) is 14.0. The van der Waals surface area contributed by atoms with Crippen molar-refractivity contribution in [3.05, 3.63) is 191 Å². The number of likely N-dealkylation sites (tertiary alicyclic amines) is 2. The maximum atomic E-state index is 14.9. The van der Waals surface area contributed by atoms with E-state index in [9.17, 15) is 29.7 Å². The van der Waals surface area contributed by atoms with Crippen LogP contribution in [0.5, 0.6) is 0 Å². The van der Waals surface area contributed by atoms with Gasteiger partial charge in [0.15, 0.2) is 5.60 Å². The maximum Gasteiger partial charge on any atom is 0.348 e. The van der Waals surface area contributed by atoms with Crippen LogP contribution in [0.4, 0.5) is 0 Å². The standard InChI is InChI=1S/C60H64N4O8/c1-62-31-12-23-52(38-62)61-55(65)58(68,46-16-5-3-6-17-46)49-20-9-13-43(35-49)41-24-26-48(27-25-41)60(70,57(67)72-54-40-64-33-28-42(54)29-34-64)51-22-11-15-45(37-51)44-14-10-21-50(36-44)59(69,47-18-7-4-8-19-47)56(66)71-53-30-32-63(2)39-53/h3-11,13-22,24-27,35-37,42,52-54,68-70H,12,23,28-34,38-40H2,1-2H3,(H,61,65). The van der Waals surface area contributed by atoms with Gasteiger partial charge in [-0.15, -0.1) is 0 Å². The summed E-state index contributed by atoms with van der Waals surface area (Å²) in [5.74, 6) is -1.86. The lowest BCUT2D eigenvalue weighted by Crippen LogP contribution is -2.53. The number of aliphatic hydroxyl groups is 3. The second-order valence-corrected chi connectivity index (χ2v) is 20.4. The highest BCUT2D eigenvalue weighted by molar-refractivity contribution is 5.91. The highest BCUT2D eigenvalue weighted by Gasteiger charge is 2.47. The minimum Gasteiger partial charge on any atom is -0.458 e. The molecule has 11 rings (SSSR count). The van der Waals surface area contributed by atoms with Gasteiger partial charge in [-0.25, -0.2) is 9.59 Å². The normalized spacial score (nSPS) is 23.8. The van der Waals surface area contributed by atoms with Crippen molar-refractivity contribution in [1.82, 2.24) is 20.0 Å². The largest absolute Gasteiger partial charge is 0.458 e. The Balaban J connectivity index is 0.992. The molecule has 5 fully saturated rings. The number of piperidine rings is 4. The van der Waals surface area contributed by atoms with Crippen molar-refractivity contribution in [3.63, 3.8) is 0 Å².